The highest BCUT2D eigenvalue weighted by atomic mass is 19.3. The molecule has 1 saturated heterocycles. The van der Waals surface area contributed by atoms with Crippen LogP contribution in [-0.2, 0) is 14.3 Å². The van der Waals surface area contributed by atoms with Crippen molar-refractivity contribution in [3.05, 3.63) is 78.4 Å². The van der Waals surface area contributed by atoms with Crippen molar-refractivity contribution in [1.29, 1.82) is 0 Å². The zero-order valence-corrected chi connectivity index (χ0v) is 16.7. The predicted molar refractivity (Wildman–Crippen MR) is 108 cm³/mol. The number of rotatable bonds is 7. The van der Waals surface area contributed by atoms with Gasteiger partial charge in [-0.05, 0) is 30.3 Å². The Morgan fingerprint density at radius 3 is 2.48 bits per heavy atom. The number of ether oxygens (including phenoxy) is 3. The number of fused-ring (bicyclic) bond motifs is 1. The molecular formula is C24H22F2O5. The summed E-state index contributed by atoms with van der Waals surface area (Å²) in [6.07, 6.45) is 1.42. The van der Waals surface area contributed by atoms with Crippen LogP contribution in [0.2, 0.25) is 0 Å². The van der Waals surface area contributed by atoms with E-state index in [4.69, 9.17) is 14.2 Å². The van der Waals surface area contributed by atoms with Gasteiger partial charge in [0.05, 0.1) is 12.0 Å². The van der Waals surface area contributed by atoms with E-state index >= 15 is 0 Å². The van der Waals surface area contributed by atoms with E-state index in [2.05, 4.69) is 0 Å². The van der Waals surface area contributed by atoms with Gasteiger partial charge in [-0.15, -0.1) is 0 Å². The summed E-state index contributed by atoms with van der Waals surface area (Å²) >= 11 is 0. The Morgan fingerprint density at radius 2 is 1.77 bits per heavy atom. The summed E-state index contributed by atoms with van der Waals surface area (Å²) in [5, 5.41) is 0. The third kappa shape index (κ3) is 5.10. The van der Waals surface area contributed by atoms with Gasteiger partial charge in [-0.3, -0.25) is 4.79 Å². The molecule has 4 rings (SSSR count). The molecule has 31 heavy (non-hydrogen) atoms. The molecule has 5 nitrogen and oxygen atoms in total. The average molecular weight is 428 g/mol. The molecule has 2 aliphatic rings. The van der Waals surface area contributed by atoms with E-state index in [1.54, 1.807) is 60.7 Å². The van der Waals surface area contributed by atoms with Gasteiger partial charge in [0.2, 0.25) is 0 Å². The molecule has 0 radical (unpaired) electrons. The molecule has 1 saturated carbocycles. The maximum Gasteiger partial charge on any atom is 0.338 e. The number of carbonyl (C=O) groups excluding carboxylic acids is 2. The highest BCUT2D eigenvalue weighted by molar-refractivity contribution is 5.89. The van der Waals surface area contributed by atoms with E-state index < -0.39 is 36.6 Å². The van der Waals surface area contributed by atoms with Crippen LogP contribution in [0.25, 0.3) is 0 Å². The molecular weight excluding hydrogens is 406 g/mol. The van der Waals surface area contributed by atoms with Gasteiger partial charge in [-0.25, -0.2) is 4.79 Å². The lowest BCUT2D eigenvalue weighted by Gasteiger charge is -2.21. The number of esters is 2. The summed E-state index contributed by atoms with van der Waals surface area (Å²) in [4.78, 5) is 24.2. The Hall–Kier alpha value is -3.22. The van der Waals surface area contributed by atoms with Crippen LogP contribution < -0.4 is 4.74 Å². The maximum atomic E-state index is 14.4. The van der Waals surface area contributed by atoms with Crippen molar-refractivity contribution in [2.45, 2.75) is 31.0 Å². The van der Waals surface area contributed by atoms with Crippen molar-refractivity contribution >= 4 is 11.9 Å². The van der Waals surface area contributed by atoms with E-state index in [1.165, 1.54) is 6.08 Å². The summed E-state index contributed by atoms with van der Waals surface area (Å²) < 4.78 is 44.9. The molecule has 1 heterocycles. The highest BCUT2D eigenvalue weighted by Crippen LogP contribution is 2.44. The normalized spacial score (nSPS) is 25.3. The lowest BCUT2D eigenvalue weighted by Crippen LogP contribution is -2.27. The molecule has 0 bridgehead atoms. The molecule has 162 valence electrons. The van der Waals surface area contributed by atoms with Crippen molar-refractivity contribution in [2.24, 2.45) is 11.8 Å². The first kappa shape index (κ1) is 21.0. The van der Waals surface area contributed by atoms with Gasteiger partial charge in [0.25, 0.3) is 5.92 Å². The van der Waals surface area contributed by atoms with Crippen LogP contribution in [0.1, 0.15) is 23.2 Å². The summed E-state index contributed by atoms with van der Waals surface area (Å²) in [6.45, 7) is -0.821. The fraction of sp³-hybridized carbons (Fsp3) is 0.333. The SMILES string of the molecule is O=C1C[C@@H]2[C@@H](C=CC(F)(F)COc3ccccc3)[C@H](OC(=O)c3ccccc3)C[C@@H]2O1. The van der Waals surface area contributed by atoms with Gasteiger partial charge in [0.1, 0.15) is 18.0 Å². The summed E-state index contributed by atoms with van der Waals surface area (Å²) in [6, 6.07) is 16.8. The molecule has 4 atom stereocenters. The van der Waals surface area contributed by atoms with Crippen molar-refractivity contribution in [1.82, 2.24) is 0 Å². The third-order valence-electron chi connectivity index (χ3n) is 5.56. The second kappa shape index (κ2) is 8.88. The van der Waals surface area contributed by atoms with Crippen molar-refractivity contribution < 1.29 is 32.6 Å². The van der Waals surface area contributed by atoms with Crippen molar-refractivity contribution in [3.63, 3.8) is 0 Å². The molecule has 0 amide bonds. The Labute approximate surface area is 178 Å². The van der Waals surface area contributed by atoms with E-state index in [0.717, 1.165) is 6.08 Å². The number of hydrogen-bond donors (Lipinski definition) is 0. The van der Waals surface area contributed by atoms with E-state index in [9.17, 15) is 18.4 Å². The van der Waals surface area contributed by atoms with E-state index in [-0.39, 0.29) is 24.7 Å². The molecule has 1 aliphatic heterocycles. The first-order valence-corrected chi connectivity index (χ1v) is 10.1. The van der Waals surface area contributed by atoms with Crippen LogP contribution in [0, 0.1) is 11.8 Å². The largest absolute Gasteiger partial charge is 0.487 e. The number of alkyl halides is 2. The Balaban J connectivity index is 1.45. The molecule has 0 aromatic heterocycles. The summed E-state index contributed by atoms with van der Waals surface area (Å²) in [7, 11) is 0. The highest BCUT2D eigenvalue weighted by Gasteiger charge is 2.51. The van der Waals surface area contributed by atoms with Gasteiger partial charge in [0, 0.05) is 18.3 Å². The van der Waals surface area contributed by atoms with Gasteiger partial charge >= 0.3 is 11.9 Å². The zero-order chi connectivity index (χ0) is 21.8. The number of carbonyl (C=O) groups is 2. The molecule has 0 N–H and O–H groups in total. The van der Waals surface area contributed by atoms with Crippen LogP contribution in [0.15, 0.2) is 72.8 Å². The van der Waals surface area contributed by atoms with Gasteiger partial charge in [-0.2, -0.15) is 8.78 Å². The Bertz CT molecular complexity index is 945. The average Bonchev–Trinajstić information content (AvgIpc) is 3.27. The molecule has 0 unspecified atom stereocenters. The van der Waals surface area contributed by atoms with Gasteiger partial charge < -0.3 is 14.2 Å². The van der Waals surface area contributed by atoms with Crippen LogP contribution in [0.5, 0.6) is 5.75 Å². The fourth-order valence-electron chi connectivity index (χ4n) is 4.07. The van der Waals surface area contributed by atoms with Crippen LogP contribution >= 0.6 is 0 Å². The smallest absolute Gasteiger partial charge is 0.338 e. The molecule has 7 heteroatoms. The van der Waals surface area contributed by atoms with Gasteiger partial charge in [0.15, 0.2) is 6.61 Å². The second-order valence-electron chi connectivity index (χ2n) is 7.74. The Kier molecular flexibility index (Phi) is 6.02. The standard InChI is InChI=1S/C24H22F2O5/c25-24(26,15-29-17-9-5-2-6-10-17)12-11-18-19-13-22(27)30-21(19)14-20(18)31-23(28)16-7-3-1-4-8-16/h1-12,18-21H,13-15H2/t18-,19-,20-,21+/m1/s1. The van der Waals surface area contributed by atoms with Gasteiger partial charge in [-0.1, -0.05) is 42.5 Å². The quantitative estimate of drug-likeness (QED) is 0.482. The first-order valence-electron chi connectivity index (χ1n) is 10.1. The molecule has 2 aromatic carbocycles. The summed E-state index contributed by atoms with van der Waals surface area (Å²) in [5.41, 5.74) is 0.376. The van der Waals surface area contributed by atoms with E-state index in [1.807, 2.05) is 0 Å². The third-order valence-corrected chi connectivity index (χ3v) is 5.56. The molecule has 2 fully saturated rings. The fourth-order valence-corrected chi connectivity index (χ4v) is 4.07. The maximum absolute atomic E-state index is 14.4. The van der Waals surface area contributed by atoms with Crippen LogP contribution in [0.4, 0.5) is 8.78 Å². The number of para-hydroxylation sites is 1. The first-order chi connectivity index (χ1) is 14.9. The molecule has 1 aliphatic carbocycles. The minimum atomic E-state index is -3.23. The van der Waals surface area contributed by atoms with Crippen molar-refractivity contribution in [2.75, 3.05) is 6.61 Å². The van der Waals surface area contributed by atoms with Crippen LogP contribution in [-0.4, -0.2) is 36.7 Å². The second-order valence-corrected chi connectivity index (χ2v) is 7.74. The number of hydrogen-bond acceptors (Lipinski definition) is 5. The van der Waals surface area contributed by atoms with Crippen molar-refractivity contribution in [3.8, 4) is 5.75 Å². The Morgan fingerprint density at radius 1 is 1.10 bits per heavy atom. The molecule has 2 aromatic rings. The number of halogens is 2. The monoisotopic (exact) mass is 428 g/mol. The lowest BCUT2D eigenvalue weighted by molar-refractivity contribution is -0.141. The summed E-state index contributed by atoms with van der Waals surface area (Å²) in [5.74, 6) is -4.63. The minimum Gasteiger partial charge on any atom is -0.487 e. The van der Waals surface area contributed by atoms with E-state index in [0.29, 0.717) is 11.3 Å². The van der Waals surface area contributed by atoms with Crippen LogP contribution in [0.3, 0.4) is 0 Å². The number of benzene rings is 2. The lowest BCUT2D eigenvalue weighted by atomic mass is 9.91. The minimum absolute atomic E-state index is 0.116. The topological polar surface area (TPSA) is 61.8 Å². The molecule has 0 spiro atoms. The predicted octanol–water partition coefficient (Wildman–Crippen LogP) is 4.43. The zero-order valence-electron chi connectivity index (χ0n) is 16.7.